The molecule has 1 heterocycles. The molecule has 0 aliphatic heterocycles. The maximum atomic E-state index is 11.3. The number of carbonyl (C=O) groups is 1. The molecule has 1 rings (SSSR count). The van der Waals surface area contributed by atoms with Gasteiger partial charge >= 0.3 is 5.97 Å². The van der Waals surface area contributed by atoms with E-state index in [1.165, 1.54) is 0 Å². The van der Waals surface area contributed by atoms with E-state index < -0.39 is 0 Å². The number of unbranched alkanes of at least 4 members (excludes halogenated alkanes) is 1. The summed E-state index contributed by atoms with van der Waals surface area (Å²) in [5.41, 5.74) is 0.561. The third-order valence-corrected chi connectivity index (χ3v) is 1.65. The molecule has 0 saturated heterocycles. The van der Waals surface area contributed by atoms with Gasteiger partial charge in [0.05, 0.1) is 12.2 Å². The molecule has 70 valence electrons. The van der Waals surface area contributed by atoms with Crippen molar-refractivity contribution in [1.82, 2.24) is 4.98 Å². The summed E-state index contributed by atoms with van der Waals surface area (Å²) < 4.78 is 5.00. The van der Waals surface area contributed by atoms with Crippen LogP contribution in [-0.2, 0) is 4.74 Å². The highest BCUT2D eigenvalue weighted by Crippen LogP contribution is 2.00. The van der Waals surface area contributed by atoms with Gasteiger partial charge in [-0.1, -0.05) is 13.3 Å². The van der Waals surface area contributed by atoms with E-state index in [0.29, 0.717) is 12.2 Å². The third-order valence-electron chi connectivity index (χ3n) is 1.65. The van der Waals surface area contributed by atoms with E-state index in [0.717, 1.165) is 12.8 Å². The fraction of sp³-hybridized carbons (Fsp3) is 0.400. The van der Waals surface area contributed by atoms with Crippen molar-refractivity contribution < 1.29 is 9.53 Å². The van der Waals surface area contributed by atoms with E-state index in [9.17, 15) is 4.79 Å². The number of aromatic nitrogens is 1. The number of hydrogen-bond acceptors (Lipinski definition) is 3. The van der Waals surface area contributed by atoms with E-state index >= 15 is 0 Å². The quantitative estimate of drug-likeness (QED) is 0.524. The molecule has 0 N–H and O–H groups in total. The Labute approximate surface area is 77.8 Å². The third kappa shape index (κ3) is 3.23. The Morgan fingerprint density at radius 2 is 2.15 bits per heavy atom. The van der Waals surface area contributed by atoms with Crippen LogP contribution >= 0.6 is 0 Å². The van der Waals surface area contributed by atoms with E-state index in [4.69, 9.17) is 4.74 Å². The summed E-state index contributed by atoms with van der Waals surface area (Å²) in [6.45, 7) is 2.55. The molecule has 3 nitrogen and oxygen atoms in total. The van der Waals surface area contributed by atoms with Crippen molar-refractivity contribution in [2.45, 2.75) is 19.8 Å². The first kappa shape index (κ1) is 9.71. The second-order valence-corrected chi connectivity index (χ2v) is 2.73. The van der Waals surface area contributed by atoms with Crippen LogP contribution in [0.2, 0.25) is 0 Å². The maximum absolute atomic E-state index is 11.3. The van der Waals surface area contributed by atoms with Crippen LogP contribution < -0.4 is 0 Å². The molecule has 0 spiro atoms. The van der Waals surface area contributed by atoms with Gasteiger partial charge in [-0.2, -0.15) is 0 Å². The van der Waals surface area contributed by atoms with Gasteiger partial charge in [0.25, 0.3) is 0 Å². The largest absolute Gasteiger partial charge is 0.462 e. The highest BCUT2D eigenvalue weighted by atomic mass is 16.5. The Morgan fingerprint density at radius 3 is 2.77 bits per heavy atom. The van der Waals surface area contributed by atoms with Gasteiger partial charge in [-0.15, -0.1) is 0 Å². The van der Waals surface area contributed by atoms with E-state index in [2.05, 4.69) is 11.9 Å². The summed E-state index contributed by atoms with van der Waals surface area (Å²) in [5.74, 6) is -0.268. The molecular weight excluding hydrogens is 166 g/mol. The monoisotopic (exact) mass is 179 g/mol. The fourth-order valence-electron chi connectivity index (χ4n) is 0.881. The topological polar surface area (TPSA) is 39.2 Å². The molecule has 0 radical (unpaired) electrons. The molecule has 1 aromatic heterocycles. The fourth-order valence-corrected chi connectivity index (χ4v) is 0.881. The average Bonchev–Trinajstić information content (AvgIpc) is 2.19. The van der Waals surface area contributed by atoms with Crippen LogP contribution in [0.5, 0.6) is 0 Å². The Bertz CT molecular complexity index is 259. The lowest BCUT2D eigenvalue weighted by atomic mass is 10.3. The molecular formula is C10H13NO2. The first-order valence-corrected chi connectivity index (χ1v) is 4.41. The van der Waals surface area contributed by atoms with Crippen LogP contribution in [-0.4, -0.2) is 17.6 Å². The Balaban J connectivity index is 2.40. The molecule has 1 aromatic rings. The summed E-state index contributed by atoms with van der Waals surface area (Å²) in [6, 6.07) is 3.29. The number of carbonyl (C=O) groups excluding carboxylic acids is 1. The number of rotatable bonds is 4. The Morgan fingerprint density at radius 1 is 1.46 bits per heavy atom. The summed E-state index contributed by atoms with van der Waals surface area (Å²) in [5, 5.41) is 0. The first-order chi connectivity index (χ1) is 6.34. The molecule has 0 fully saturated rings. The summed E-state index contributed by atoms with van der Waals surface area (Å²) in [7, 11) is 0. The maximum Gasteiger partial charge on any atom is 0.338 e. The van der Waals surface area contributed by atoms with Crippen molar-refractivity contribution in [1.29, 1.82) is 0 Å². The van der Waals surface area contributed by atoms with E-state index in [1.807, 2.05) is 0 Å². The number of hydrogen-bond donors (Lipinski definition) is 0. The summed E-state index contributed by atoms with van der Waals surface area (Å²) >= 11 is 0. The normalized spacial score (nSPS) is 9.62. The molecule has 0 aliphatic carbocycles. The number of esters is 1. The number of nitrogens with zero attached hydrogens (tertiary/aromatic N) is 1. The Kier molecular flexibility index (Phi) is 3.96. The standard InChI is InChI=1S/C10H13NO2/c1-2-3-8-13-10(12)9-4-6-11-7-5-9/h4-7H,2-3,8H2,1H3. The van der Waals surface area contributed by atoms with Gasteiger partial charge < -0.3 is 4.74 Å². The van der Waals surface area contributed by atoms with Crippen LogP contribution in [0, 0.1) is 0 Å². The summed E-state index contributed by atoms with van der Waals surface area (Å²) in [6.07, 6.45) is 5.10. The van der Waals surface area contributed by atoms with Crippen molar-refractivity contribution in [3.63, 3.8) is 0 Å². The minimum atomic E-state index is -0.268. The minimum Gasteiger partial charge on any atom is -0.462 e. The van der Waals surface area contributed by atoms with Crippen LogP contribution in [0.3, 0.4) is 0 Å². The molecule has 0 aliphatic rings. The molecule has 0 aromatic carbocycles. The zero-order valence-corrected chi connectivity index (χ0v) is 7.69. The van der Waals surface area contributed by atoms with Gasteiger partial charge in [-0.25, -0.2) is 4.79 Å². The van der Waals surface area contributed by atoms with Gasteiger partial charge in [0.2, 0.25) is 0 Å². The molecule has 0 unspecified atom stereocenters. The Hall–Kier alpha value is -1.38. The van der Waals surface area contributed by atoms with E-state index in [-0.39, 0.29) is 5.97 Å². The van der Waals surface area contributed by atoms with Crippen LogP contribution in [0.4, 0.5) is 0 Å². The lowest BCUT2D eigenvalue weighted by molar-refractivity contribution is 0.0499. The number of pyridine rings is 1. The average molecular weight is 179 g/mol. The van der Waals surface area contributed by atoms with Crippen LogP contribution in [0.1, 0.15) is 30.1 Å². The highest BCUT2D eigenvalue weighted by molar-refractivity contribution is 5.89. The minimum absolute atomic E-state index is 0.268. The van der Waals surface area contributed by atoms with Crippen molar-refractivity contribution in [3.8, 4) is 0 Å². The van der Waals surface area contributed by atoms with Gasteiger partial charge in [0, 0.05) is 12.4 Å². The van der Waals surface area contributed by atoms with Crippen LogP contribution in [0.25, 0.3) is 0 Å². The van der Waals surface area contributed by atoms with Crippen LogP contribution in [0.15, 0.2) is 24.5 Å². The molecule has 0 bridgehead atoms. The van der Waals surface area contributed by atoms with Gasteiger partial charge in [0.1, 0.15) is 0 Å². The molecule has 0 amide bonds. The van der Waals surface area contributed by atoms with Crippen molar-refractivity contribution in [2.24, 2.45) is 0 Å². The smallest absolute Gasteiger partial charge is 0.338 e. The zero-order valence-electron chi connectivity index (χ0n) is 7.69. The summed E-state index contributed by atoms with van der Waals surface area (Å²) in [4.78, 5) is 15.1. The lowest BCUT2D eigenvalue weighted by Crippen LogP contribution is -2.05. The molecule has 3 heteroatoms. The molecule has 0 saturated carbocycles. The lowest BCUT2D eigenvalue weighted by Gasteiger charge is -2.02. The first-order valence-electron chi connectivity index (χ1n) is 4.41. The van der Waals surface area contributed by atoms with Gasteiger partial charge in [-0.05, 0) is 18.6 Å². The van der Waals surface area contributed by atoms with Crippen molar-refractivity contribution in [3.05, 3.63) is 30.1 Å². The van der Waals surface area contributed by atoms with Crippen molar-refractivity contribution >= 4 is 5.97 Å². The number of ether oxygens (including phenoxy) is 1. The van der Waals surface area contributed by atoms with Crippen molar-refractivity contribution in [2.75, 3.05) is 6.61 Å². The predicted octanol–water partition coefficient (Wildman–Crippen LogP) is 2.04. The zero-order chi connectivity index (χ0) is 9.52. The molecule has 0 atom stereocenters. The second-order valence-electron chi connectivity index (χ2n) is 2.73. The van der Waals surface area contributed by atoms with Gasteiger partial charge in [-0.3, -0.25) is 4.98 Å². The van der Waals surface area contributed by atoms with E-state index in [1.54, 1.807) is 24.5 Å². The predicted molar refractivity (Wildman–Crippen MR) is 49.4 cm³/mol. The second kappa shape index (κ2) is 5.30. The highest BCUT2D eigenvalue weighted by Gasteiger charge is 2.04. The SMILES string of the molecule is CCCCOC(=O)c1ccncc1. The van der Waals surface area contributed by atoms with Gasteiger partial charge in [0.15, 0.2) is 0 Å². The molecule has 13 heavy (non-hydrogen) atoms.